The van der Waals surface area contributed by atoms with Gasteiger partial charge in [0, 0.05) is 13.1 Å². The van der Waals surface area contributed by atoms with E-state index in [-0.39, 0.29) is 50.8 Å². The second-order valence-electron chi connectivity index (χ2n) is 11.1. The number of hydrogen-bond donors (Lipinski definition) is 11. The molecule has 0 bridgehead atoms. The maximum absolute atomic E-state index is 13.8. The summed E-state index contributed by atoms with van der Waals surface area (Å²) < 4.78 is 0. The molecule has 0 saturated carbocycles. The SMILES string of the molecule is CC(C)[C@H](NC(=O)CN)C(=O)N[C@@H](CCCNC(=N)N)C(=O)N1CCC[C@H]1C(=O)N[C@@H](CC(N)=O)C(=O)N[C@H](C(N)=O)[C@@H](C)O. The summed E-state index contributed by atoms with van der Waals surface area (Å²) in [5, 5.41) is 29.4. The Labute approximate surface area is 260 Å². The first-order valence-electron chi connectivity index (χ1n) is 14.5. The third kappa shape index (κ3) is 12.5. The number of aliphatic hydroxyl groups excluding tert-OH is 1. The van der Waals surface area contributed by atoms with Gasteiger partial charge >= 0.3 is 0 Å². The van der Waals surface area contributed by atoms with Gasteiger partial charge in [0.15, 0.2) is 5.96 Å². The van der Waals surface area contributed by atoms with Crippen molar-refractivity contribution in [3.63, 3.8) is 0 Å². The van der Waals surface area contributed by atoms with Crippen molar-refractivity contribution in [2.45, 2.75) is 89.2 Å². The van der Waals surface area contributed by atoms with Gasteiger partial charge < -0.3 is 59.5 Å². The fourth-order valence-electron chi connectivity index (χ4n) is 4.68. The van der Waals surface area contributed by atoms with E-state index in [0.717, 1.165) is 0 Å². The normalized spacial score (nSPS) is 17.6. The van der Waals surface area contributed by atoms with Crippen molar-refractivity contribution in [1.29, 1.82) is 5.41 Å². The molecule has 15 N–H and O–H groups in total. The molecule has 0 aromatic heterocycles. The third-order valence-electron chi connectivity index (χ3n) is 7.01. The van der Waals surface area contributed by atoms with Gasteiger partial charge in [-0.2, -0.15) is 0 Å². The summed E-state index contributed by atoms with van der Waals surface area (Å²) in [7, 11) is 0. The van der Waals surface area contributed by atoms with E-state index in [1.165, 1.54) is 11.8 Å². The maximum Gasteiger partial charge on any atom is 0.245 e. The van der Waals surface area contributed by atoms with Crippen molar-refractivity contribution in [2.75, 3.05) is 19.6 Å². The standard InChI is InChI=1S/C26H47N11O8/c1-12(2)19(35-18(40)11-27)24(44)33-14(6-4-8-32-26(30)31)25(45)37-9-5-7-16(37)23(43)34-15(10-17(28)39)22(42)36-20(13(3)38)21(29)41/h12-16,19-20,38H,4-11,27H2,1-3H3,(H2,28,39)(H2,29,41)(H,33,44)(H,34,43)(H,35,40)(H,36,42)(H4,30,31,32)/t13-,14+,15+,16+,19+,20+/m1/s1. The Bertz CT molecular complexity index is 1120. The van der Waals surface area contributed by atoms with E-state index >= 15 is 0 Å². The first-order chi connectivity index (χ1) is 21.0. The molecule has 1 heterocycles. The van der Waals surface area contributed by atoms with Crippen molar-refractivity contribution in [1.82, 2.24) is 31.5 Å². The zero-order valence-electron chi connectivity index (χ0n) is 25.8. The molecule has 45 heavy (non-hydrogen) atoms. The molecular formula is C26H47N11O8. The van der Waals surface area contributed by atoms with Crippen LogP contribution in [-0.4, -0.2) is 113 Å². The number of nitrogens with one attached hydrogen (secondary N) is 6. The van der Waals surface area contributed by atoms with Crippen LogP contribution in [-0.2, 0) is 33.6 Å². The number of likely N-dealkylation sites (tertiary alicyclic amines) is 1. The summed E-state index contributed by atoms with van der Waals surface area (Å²) in [6.45, 7) is 4.59. The Hall–Kier alpha value is -4.52. The highest BCUT2D eigenvalue weighted by Crippen LogP contribution is 2.20. The Morgan fingerprint density at radius 2 is 1.56 bits per heavy atom. The monoisotopic (exact) mass is 641 g/mol. The molecule has 19 nitrogen and oxygen atoms in total. The Morgan fingerprint density at radius 1 is 0.911 bits per heavy atom. The zero-order chi connectivity index (χ0) is 34.4. The molecule has 1 fully saturated rings. The number of guanidine groups is 1. The first-order valence-corrected chi connectivity index (χ1v) is 14.5. The van der Waals surface area contributed by atoms with Crippen LogP contribution in [0.4, 0.5) is 0 Å². The van der Waals surface area contributed by atoms with Gasteiger partial charge in [0.05, 0.1) is 19.1 Å². The molecule has 1 saturated heterocycles. The smallest absolute Gasteiger partial charge is 0.245 e. The van der Waals surface area contributed by atoms with E-state index < -0.39 is 84.1 Å². The number of amides is 7. The number of carbonyl (C=O) groups excluding carboxylic acids is 7. The molecule has 0 radical (unpaired) electrons. The van der Waals surface area contributed by atoms with Gasteiger partial charge in [0.1, 0.15) is 30.2 Å². The van der Waals surface area contributed by atoms with Gasteiger partial charge in [0.25, 0.3) is 0 Å². The summed E-state index contributed by atoms with van der Waals surface area (Å²) in [6.07, 6.45) is -1.09. The third-order valence-corrected chi connectivity index (χ3v) is 7.01. The fourth-order valence-corrected chi connectivity index (χ4v) is 4.68. The largest absolute Gasteiger partial charge is 0.391 e. The predicted molar refractivity (Wildman–Crippen MR) is 160 cm³/mol. The van der Waals surface area contributed by atoms with Gasteiger partial charge in [0.2, 0.25) is 41.4 Å². The van der Waals surface area contributed by atoms with Crippen LogP contribution < -0.4 is 49.5 Å². The van der Waals surface area contributed by atoms with Gasteiger partial charge in [-0.25, -0.2) is 0 Å². The van der Waals surface area contributed by atoms with Crippen LogP contribution in [0.15, 0.2) is 0 Å². The molecule has 19 heteroatoms. The number of nitrogens with two attached hydrogens (primary N) is 4. The number of primary amides is 2. The molecule has 0 aromatic carbocycles. The topological polar surface area (TPSA) is 331 Å². The van der Waals surface area contributed by atoms with Crippen molar-refractivity contribution < 1.29 is 38.7 Å². The van der Waals surface area contributed by atoms with Crippen LogP contribution in [0.3, 0.4) is 0 Å². The number of nitrogens with zero attached hydrogens (tertiary/aromatic N) is 1. The molecule has 1 aliphatic rings. The summed E-state index contributed by atoms with van der Waals surface area (Å²) in [4.78, 5) is 89.7. The number of hydrogen-bond acceptors (Lipinski definition) is 10. The zero-order valence-corrected chi connectivity index (χ0v) is 25.8. The predicted octanol–water partition coefficient (Wildman–Crippen LogP) is -5.46. The van der Waals surface area contributed by atoms with Crippen molar-refractivity contribution >= 4 is 47.3 Å². The van der Waals surface area contributed by atoms with Gasteiger partial charge in [-0.1, -0.05) is 13.8 Å². The van der Waals surface area contributed by atoms with Crippen LogP contribution in [0.5, 0.6) is 0 Å². The molecule has 7 amide bonds. The molecule has 1 rings (SSSR count). The minimum Gasteiger partial charge on any atom is -0.391 e. The van der Waals surface area contributed by atoms with Crippen LogP contribution in [0.1, 0.15) is 52.9 Å². The Balaban J connectivity index is 3.20. The molecule has 0 aromatic rings. The average molecular weight is 642 g/mol. The minimum atomic E-state index is -1.56. The summed E-state index contributed by atoms with van der Waals surface area (Å²) >= 11 is 0. The average Bonchev–Trinajstić information content (AvgIpc) is 3.44. The highest BCUT2D eigenvalue weighted by atomic mass is 16.3. The van der Waals surface area contributed by atoms with Gasteiger partial charge in [-0.05, 0) is 38.5 Å². The lowest BCUT2D eigenvalue weighted by Crippen LogP contribution is -2.60. The summed E-state index contributed by atoms with van der Waals surface area (Å²) in [5.41, 5.74) is 21.2. The summed E-state index contributed by atoms with van der Waals surface area (Å²) in [5.74, 6) is -6.29. The Kier molecular flexibility index (Phi) is 15.7. The lowest BCUT2D eigenvalue weighted by atomic mass is 10.0. The molecular weight excluding hydrogens is 594 g/mol. The highest BCUT2D eigenvalue weighted by Gasteiger charge is 2.40. The van der Waals surface area contributed by atoms with Crippen LogP contribution in [0.25, 0.3) is 0 Å². The second-order valence-corrected chi connectivity index (χ2v) is 11.1. The highest BCUT2D eigenvalue weighted by molar-refractivity contribution is 5.98. The lowest BCUT2D eigenvalue weighted by Gasteiger charge is -2.31. The van der Waals surface area contributed by atoms with E-state index in [4.69, 9.17) is 28.3 Å². The lowest BCUT2D eigenvalue weighted by molar-refractivity contribution is -0.143. The molecule has 254 valence electrons. The van der Waals surface area contributed by atoms with Crippen molar-refractivity contribution in [3.05, 3.63) is 0 Å². The molecule has 1 aliphatic heterocycles. The van der Waals surface area contributed by atoms with E-state index in [2.05, 4.69) is 26.6 Å². The number of rotatable bonds is 18. The minimum absolute atomic E-state index is 0.0753. The van der Waals surface area contributed by atoms with E-state index in [1.807, 2.05) is 0 Å². The number of carbonyl (C=O) groups is 7. The molecule has 0 aliphatic carbocycles. The fraction of sp³-hybridized carbons (Fsp3) is 0.692. The van der Waals surface area contributed by atoms with Crippen LogP contribution in [0.2, 0.25) is 0 Å². The van der Waals surface area contributed by atoms with Gasteiger partial charge in [-0.15, -0.1) is 0 Å². The maximum atomic E-state index is 13.8. The van der Waals surface area contributed by atoms with Crippen molar-refractivity contribution in [3.8, 4) is 0 Å². The quantitative estimate of drug-likeness (QED) is 0.0381. The summed E-state index contributed by atoms with van der Waals surface area (Å²) in [6, 6.07) is -6.33. The molecule has 6 atom stereocenters. The Morgan fingerprint density at radius 3 is 2.07 bits per heavy atom. The number of aliphatic hydroxyl groups is 1. The molecule has 0 unspecified atom stereocenters. The second kappa shape index (κ2) is 18.3. The van der Waals surface area contributed by atoms with Crippen LogP contribution >= 0.6 is 0 Å². The van der Waals surface area contributed by atoms with Crippen molar-refractivity contribution in [2.24, 2.45) is 28.9 Å². The van der Waals surface area contributed by atoms with E-state index in [1.54, 1.807) is 13.8 Å². The molecule has 0 spiro atoms. The first kappa shape index (κ1) is 38.5. The van der Waals surface area contributed by atoms with Gasteiger partial charge in [-0.3, -0.25) is 39.0 Å². The van der Waals surface area contributed by atoms with E-state index in [0.29, 0.717) is 6.42 Å². The van der Waals surface area contributed by atoms with Crippen LogP contribution in [0, 0.1) is 11.3 Å². The van der Waals surface area contributed by atoms with E-state index in [9.17, 15) is 38.7 Å².